The van der Waals surface area contributed by atoms with E-state index < -0.39 is 23.4 Å². The van der Waals surface area contributed by atoms with Gasteiger partial charge in [-0.3, -0.25) is 9.59 Å². The summed E-state index contributed by atoms with van der Waals surface area (Å²) in [6.45, 7) is 2.42. The zero-order chi connectivity index (χ0) is 35.6. The topological polar surface area (TPSA) is 113 Å². The van der Waals surface area contributed by atoms with E-state index in [-0.39, 0.29) is 28.1 Å². The molecule has 0 atom stereocenters. The van der Waals surface area contributed by atoms with Crippen molar-refractivity contribution in [2.75, 3.05) is 19.0 Å². The maximum atomic E-state index is 14.4. The van der Waals surface area contributed by atoms with Gasteiger partial charge >= 0.3 is 6.18 Å². The van der Waals surface area contributed by atoms with E-state index in [0.29, 0.717) is 53.0 Å². The summed E-state index contributed by atoms with van der Waals surface area (Å²) < 4.78 is 51.9. The number of nitrogens with one attached hydrogen (secondary N) is 2. The fraction of sp³-hybridized carbons (Fsp3) is 0.316. The van der Waals surface area contributed by atoms with Crippen LogP contribution in [0.15, 0.2) is 72.9 Å². The van der Waals surface area contributed by atoms with Crippen molar-refractivity contribution in [1.29, 1.82) is 5.26 Å². The molecule has 1 aliphatic rings. The van der Waals surface area contributed by atoms with E-state index in [1.54, 1.807) is 59.7 Å². The number of ketones is 1. The molecule has 2 aromatic carbocycles. The Balaban J connectivity index is 1.22. The van der Waals surface area contributed by atoms with Crippen molar-refractivity contribution in [3.63, 3.8) is 0 Å². The van der Waals surface area contributed by atoms with Gasteiger partial charge < -0.3 is 24.3 Å². The minimum atomic E-state index is -4.64. The molecule has 0 saturated heterocycles. The van der Waals surface area contributed by atoms with Gasteiger partial charge in [-0.15, -0.1) is 0 Å². The van der Waals surface area contributed by atoms with Crippen molar-refractivity contribution < 1.29 is 27.5 Å². The third kappa shape index (κ3) is 6.92. The number of anilines is 1. The maximum Gasteiger partial charge on any atom is 0.417 e. The second-order valence-corrected chi connectivity index (χ2v) is 12.4. The SMILES string of the molecule is CCc1nc2cc(-c3cccn4c(C(=O)c5ccc(NC(=O)/C=C/CNC6CCC(OC)CC6)c(C#N)c5)ccc34)c(C(F)(F)F)cc2n1C. The number of hydrogen-bond donors (Lipinski definition) is 2. The lowest BCUT2D eigenvalue weighted by atomic mass is 9.93. The van der Waals surface area contributed by atoms with Gasteiger partial charge in [0, 0.05) is 56.6 Å². The smallest absolute Gasteiger partial charge is 0.381 e. The summed E-state index contributed by atoms with van der Waals surface area (Å²) in [6, 6.07) is 15.7. The van der Waals surface area contributed by atoms with Gasteiger partial charge in [-0.25, -0.2) is 4.98 Å². The molecular weight excluding hydrogens is 645 g/mol. The Morgan fingerprint density at radius 1 is 1.06 bits per heavy atom. The molecule has 2 N–H and O–H groups in total. The summed E-state index contributed by atoms with van der Waals surface area (Å²) in [5, 5.41) is 16.0. The van der Waals surface area contributed by atoms with Crippen LogP contribution in [-0.2, 0) is 29.2 Å². The van der Waals surface area contributed by atoms with Crippen LogP contribution in [0, 0.1) is 11.3 Å². The molecule has 12 heteroatoms. The van der Waals surface area contributed by atoms with E-state index in [9.17, 15) is 28.0 Å². The fourth-order valence-electron chi connectivity index (χ4n) is 6.73. The Bertz CT molecular complexity index is 2150. The van der Waals surface area contributed by atoms with E-state index in [0.717, 1.165) is 31.7 Å². The number of aryl methyl sites for hydroxylation is 2. The largest absolute Gasteiger partial charge is 0.417 e. The van der Waals surface area contributed by atoms with E-state index in [1.165, 1.54) is 30.3 Å². The number of benzene rings is 2. The quantitative estimate of drug-likeness (QED) is 0.119. The van der Waals surface area contributed by atoms with Crippen LogP contribution >= 0.6 is 0 Å². The first-order valence-corrected chi connectivity index (χ1v) is 16.5. The Morgan fingerprint density at radius 3 is 2.54 bits per heavy atom. The normalized spacial score (nSPS) is 16.7. The highest BCUT2D eigenvalue weighted by molar-refractivity contribution is 6.10. The number of imidazole rings is 1. The molecular formula is C38H37F3N6O3. The summed E-state index contributed by atoms with van der Waals surface area (Å²) >= 11 is 0. The highest BCUT2D eigenvalue weighted by Gasteiger charge is 2.35. The number of methoxy groups -OCH3 is 1. The number of halogens is 3. The number of hydrogen-bond acceptors (Lipinski definition) is 6. The molecule has 1 saturated carbocycles. The van der Waals surface area contributed by atoms with Gasteiger partial charge in [0.05, 0.1) is 45.2 Å². The summed E-state index contributed by atoms with van der Waals surface area (Å²) in [4.78, 5) is 30.9. The number of nitriles is 1. The number of fused-ring (bicyclic) bond motifs is 2. The zero-order valence-corrected chi connectivity index (χ0v) is 28.0. The Labute approximate surface area is 287 Å². The molecule has 6 rings (SSSR count). The van der Waals surface area contributed by atoms with Gasteiger partial charge in [0.25, 0.3) is 0 Å². The number of pyridine rings is 1. The molecule has 0 unspecified atom stereocenters. The lowest BCUT2D eigenvalue weighted by molar-refractivity contribution is -0.137. The predicted molar refractivity (Wildman–Crippen MR) is 185 cm³/mol. The van der Waals surface area contributed by atoms with Crippen LogP contribution in [-0.4, -0.2) is 51.4 Å². The molecule has 1 aliphatic carbocycles. The van der Waals surface area contributed by atoms with Crippen LogP contribution in [0.5, 0.6) is 0 Å². The van der Waals surface area contributed by atoms with Crippen molar-refractivity contribution in [1.82, 2.24) is 19.3 Å². The van der Waals surface area contributed by atoms with Gasteiger partial charge in [-0.05, 0) is 79.8 Å². The molecule has 50 heavy (non-hydrogen) atoms. The van der Waals surface area contributed by atoms with Crippen LogP contribution in [0.1, 0.15) is 65.6 Å². The summed E-state index contributed by atoms with van der Waals surface area (Å²) in [5.41, 5.74) is 1.42. The van der Waals surface area contributed by atoms with E-state index in [2.05, 4.69) is 15.6 Å². The first-order chi connectivity index (χ1) is 24.0. The maximum absolute atomic E-state index is 14.4. The second kappa shape index (κ2) is 14.3. The Hall–Kier alpha value is -5.25. The number of aromatic nitrogens is 3. The first kappa shape index (κ1) is 34.6. The number of carbonyl (C=O) groups excluding carboxylic acids is 2. The van der Waals surface area contributed by atoms with Gasteiger partial charge in [0.1, 0.15) is 11.9 Å². The molecule has 0 bridgehead atoms. The van der Waals surface area contributed by atoms with Crippen LogP contribution < -0.4 is 10.6 Å². The molecule has 1 fully saturated rings. The minimum Gasteiger partial charge on any atom is -0.381 e. The van der Waals surface area contributed by atoms with Crippen molar-refractivity contribution in [3.8, 4) is 17.2 Å². The van der Waals surface area contributed by atoms with Crippen molar-refractivity contribution in [2.24, 2.45) is 7.05 Å². The van der Waals surface area contributed by atoms with Crippen molar-refractivity contribution >= 4 is 33.9 Å². The van der Waals surface area contributed by atoms with Gasteiger partial charge in [0.2, 0.25) is 11.7 Å². The summed E-state index contributed by atoms with van der Waals surface area (Å²) in [5.74, 6) is -0.184. The van der Waals surface area contributed by atoms with Crippen molar-refractivity contribution in [2.45, 2.75) is 57.3 Å². The summed E-state index contributed by atoms with van der Waals surface area (Å²) in [6.07, 6.45) is 4.99. The van der Waals surface area contributed by atoms with Crippen LogP contribution in [0.2, 0.25) is 0 Å². The molecule has 0 radical (unpaired) electrons. The minimum absolute atomic E-state index is 0.0423. The second-order valence-electron chi connectivity index (χ2n) is 12.4. The number of carbonyl (C=O) groups is 2. The standard InChI is InChI=1S/C38H37F3N6O3/c1-4-35-44-31-20-28(29(38(39,40)41)21-34(31)46(35)2)27-7-6-18-47-32(27)15-16-33(47)37(49)23-9-14-30(24(19-23)22-42)45-36(48)8-5-17-43-25-10-12-26(50-3)13-11-25/h5-9,14-16,18-21,25-26,43H,4,10-13,17H2,1-3H3,(H,45,48)/b8-5+. The molecule has 1 amide bonds. The third-order valence-corrected chi connectivity index (χ3v) is 9.41. The molecule has 258 valence electrons. The van der Waals surface area contributed by atoms with Gasteiger partial charge in [0.15, 0.2) is 0 Å². The predicted octanol–water partition coefficient (Wildman–Crippen LogP) is 7.22. The van der Waals surface area contributed by atoms with E-state index >= 15 is 0 Å². The molecule has 9 nitrogen and oxygen atoms in total. The lowest BCUT2D eigenvalue weighted by Crippen LogP contribution is -2.35. The fourth-order valence-corrected chi connectivity index (χ4v) is 6.73. The summed E-state index contributed by atoms with van der Waals surface area (Å²) in [7, 11) is 3.43. The average molecular weight is 683 g/mol. The van der Waals surface area contributed by atoms with Gasteiger partial charge in [-0.1, -0.05) is 19.1 Å². The Kier molecular flexibility index (Phi) is 9.90. The molecule has 5 aromatic rings. The van der Waals surface area contributed by atoms with Gasteiger partial charge in [-0.2, -0.15) is 18.4 Å². The van der Waals surface area contributed by atoms with Crippen LogP contribution in [0.3, 0.4) is 0 Å². The first-order valence-electron chi connectivity index (χ1n) is 16.5. The molecule has 3 aromatic heterocycles. The van der Waals surface area contributed by atoms with Crippen LogP contribution in [0.4, 0.5) is 18.9 Å². The number of nitrogens with zero attached hydrogens (tertiary/aromatic N) is 4. The number of ether oxygens (including phenoxy) is 1. The van der Waals surface area contributed by atoms with Crippen molar-refractivity contribution in [3.05, 3.63) is 101 Å². The van der Waals surface area contributed by atoms with E-state index in [4.69, 9.17) is 4.74 Å². The number of amides is 1. The molecule has 0 spiro atoms. The number of rotatable bonds is 10. The molecule has 0 aliphatic heterocycles. The zero-order valence-electron chi connectivity index (χ0n) is 28.0. The average Bonchev–Trinajstić information content (AvgIpc) is 3.69. The van der Waals surface area contributed by atoms with E-state index in [1.807, 2.05) is 13.0 Å². The monoisotopic (exact) mass is 682 g/mol. The van der Waals surface area contributed by atoms with Crippen LogP contribution in [0.25, 0.3) is 27.7 Å². The lowest BCUT2D eigenvalue weighted by Gasteiger charge is -2.27. The highest BCUT2D eigenvalue weighted by atomic mass is 19.4. The molecule has 3 heterocycles. The highest BCUT2D eigenvalue weighted by Crippen LogP contribution is 2.41. The third-order valence-electron chi connectivity index (χ3n) is 9.41. The number of alkyl halides is 3. The Morgan fingerprint density at radius 2 is 1.84 bits per heavy atom.